The van der Waals surface area contributed by atoms with Crippen LogP contribution >= 0.6 is 0 Å². The van der Waals surface area contributed by atoms with E-state index in [2.05, 4.69) is 10.2 Å². The molecule has 2 fully saturated rings. The molecule has 0 aliphatic carbocycles. The highest BCUT2D eigenvalue weighted by molar-refractivity contribution is 5.96. The Hall–Kier alpha value is -3.18. The van der Waals surface area contributed by atoms with Gasteiger partial charge in [0, 0.05) is 36.8 Å². The lowest BCUT2D eigenvalue weighted by Crippen LogP contribution is -2.63. The number of nitrogens with zero attached hydrogens (tertiary/aromatic N) is 3. The van der Waals surface area contributed by atoms with Crippen molar-refractivity contribution < 1.29 is 49.0 Å². The van der Waals surface area contributed by atoms with Crippen LogP contribution in [0.1, 0.15) is 96.1 Å². The first-order chi connectivity index (χ1) is 28.9. The number of aliphatic hydroxyl groups excluding tert-OH is 2. The number of aryl methyl sites for hydroxylation is 1. The van der Waals surface area contributed by atoms with E-state index >= 15 is 0 Å². The molecule has 0 unspecified atom stereocenters. The van der Waals surface area contributed by atoms with Crippen LogP contribution in [0.2, 0.25) is 0 Å². The van der Waals surface area contributed by atoms with Gasteiger partial charge in [-0.2, -0.15) is 0 Å². The third-order valence-corrected chi connectivity index (χ3v) is 13.7. The molecule has 2 saturated heterocycles. The molecule has 62 heavy (non-hydrogen) atoms. The second kappa shape index (κ2) is 21.7. The summed E-state index contributed by atoms with van der Waals surface area (Å²) in [5.41, 5.74) is 0.957. The summed E-state index contributed by atoms with van der Waals surface area (Å²) in [5, 5.41) is 50.7. The molecule has 2 aliphatic heterocycles. The molecule has 350 valence electrons. The molecule has 14 atom stereocenters. The van der Waals surface area contributed by atoms with Gasteiger partial charge >= 0.3 is 11.9 Å². The Morgan fingerprint density at radius 1 is 0.984 bits per heavy atom. The minimum absolute atomic E-state index is 0.126. The van der Waals surface area contributed by atoms with Crippen molar-refractivity contribution in [3.8, 4) is 0 Å². The molecule has 4 rings (SSSR count). The first-order valence-electron chi connectivity index (χ1n) is 22.4. The van der Waals surface area contributed by atoms with Gasteiger partial charge in [0.05, 0.1) is 47.1 Å². The van der Waals surface area contributed by atoms with Gasteiger partial charge in [0.25, 0.3) is 0 Å². The van der Waals surface area contributed by atoms with Crippen LogP contribution < -0.4 is 5.32 Å². The zero-order chi connectivity index (χ0) is 46.4. The van der Waals surface area contributed by atoms with Gasteiger partial charge in [-0.3, -0.25) is 9.69 Å². The van der Waals surface area contributed by atoms with Gasteiger partial charge in [-0.15, -0.1) is 0 Å². The van der Waals surface area contributed by atoms with E-state index in [9.17, 15) is 30.0 Å². The Morgan fingerprint density at radius 3 is 2.27 bits per heavy atom. The second-order valence-corrected chi connectivity index (χ2v) is 19.2. The monoisotopic (exact) mass is 871 g/mol. The minimum Gasteiger partial charge on any atom is -0.461 e. The van der Waals surface area contributed by atoms with Gasteiger partial charge < -0.3 is 54.5 Å². The number of esters is 2. The SMILES string of the molecule is CC[C@H]1OC(=O)[C@H](C)[C@@H](O)[C@H](C)[C@@H](O[C@@H]2O[C@H](C)C[C@@H](N(C)CCOC(=O)c3ccccc3Nc3cccc(C)c3C)[C@@H]2N(C)C)[C@](C)(O)C[C@@H](C)CN(C)[C@H](C)[C@@H](O)[C@]1(C)O. The summed E-state index contributed by atoms with van der Waals surface area (Å²) >= 11 is 0. The van der Waals surface area contributed by atoms with E-state index in [1.54, 1.807) is 33.8 Å². The average molecular weight is 871 g/mol. The molecule has 2 aromatic carbocycles. The molecule has 14 nitrogen and oxygen atoms in total. The molecule has 2 heterocycles. The number of carbonyl (C=O) groups excluding carboxylic acids is 2. The number of rotatable bonds is 11. The van der Waals surface area contributed by atoms with Crippen molar-refractivity contribution in [2.45, 2.75) is 155 Å². The van der Waals surface area contributed by atoms with Gasteiger partial charge in [0.15, 0.2) is 6.29 Å². The predicted octanol–water partition coefficient (Wildman–Crippen LogP) is 5.13. The van der Waals surface area contributed by atoms with E-state index in [1.807, 2.05) is 109 Å². The third kappa shape index (κ3) is 12.1. The van der Waals surface area contributed by atoms with Crippen LogP contribution in [0.3, 0.4) is 0 Å². The number of carbonyl (C=O) groups is 2. The molecule has 0 amide bonds. The normalized spacial score (nSPS) is 35.8. The first-order valence-corrected chi connectivity index (χ1v) is 22.4. The van der Waals surface area contributed by atoms with Crippen LogP contribution in [0, 0.1) is 31.6 Å². The van der Waals surface area contributed by atoms with Crippen molar-refractivity contribution in [2.24, 2.45) is 17.8 Å². The fraction of sp³-hybridized carbons (Fsp3) is 0.708. The van der Waals surface area contributed by atoms with Crippen LogP contribution in [0.4, 0.5) is 11.4 Å². The quantitative estimate of drug-likeness (QED) is 0.188. The van der Waals surface area contributed by atoms with Crippen LogP contribution in [-0.4, -0.2) is 161 Å². The summed E-state index contributed by atoms with van der Waals surface area (Å²) < 4.78 is 25.2. The molecule has 2 aliphatic rings. The number of benzene rings is 2. The molecule has 0 spiro atoms. The summed E-state index contributed by atoms with van der Waals surface area (Å²) in [6.07, 6.45) is -4.62. The highest BCUT2D eigenvalue weighted by Crippen LogP contribution is 2.37. The van der Waals surface area contributed by atoms with E-state index in [0.717, 1.165) is 16.8 Å². The lowest BCUT2D eigenvalue weighted by atomic mass is 9.78. The standard InChI is InChI=1S/C48H78N4O10/c1-15-39-48(10,58)42(54)34(8)52(14)27-28(2)26-47(9,57)43(32(6)41(53)33(7)44(55)61-39)62-46-40(50(11)12)38(25-30(4)60-46)51(13)23-24-59-45(56)35-20-16-17-21-37(35)49-36-22-18-19-29(3)31(36)5/h16-22,28,30,32-34,38-43,46,49,53-54,57-58H,15,23-27H2,1-14H3/t28-,30-,32+,33-,34-,38-,39-,40+,41+,42-,43-,46+,47-,48-/m1/s1. The van der Waals surface area contributed by atoms with Crippen molar-refractivity contribution in [3.63, 3.8) is 0 Å². The summed E-state index contributed by atoms with van der Waals surface area (Å²) in [5.74, 6) is -3.15. The van der Waals surface area contributed by atoms with Crippen LogP contribution in [0.5, 0.6) is 0 Å². The smallest absolute Gasteiger partial charge is 0.340 e. The molecule has 0 bridgehead atoms. The van der Waals surface area contributed by atoms with Gasteiger partial charge in [-0.25, -0.2) is 4.79 Å². The second-order valence-electron chi connectivity index (χ2n) is 19.2. The number of aliphatic hydroxyl groups is 4. The fourth-order valence-electron chi connectivity index (χ4n) is 9.58. The molecular weight excluding hydrogens is 793 g/mol. The van der Waals surface area contributed by atoms with E-state index < -0.39 is 71.7 Å². The molecule has 0 aromatic heterocycles. The lowest BCUT2D eigenvalue weighted by Gasteiger charge is -2.50. The number of likely N-dealkylation sites (N-methyl/N-ethyl adjacent to an activating group) is 3. The number of para-hydroxylation sites is 1. The summed E-state index contributed by atoms with van der Waals surface area (Å²) in [4.78, 5) is 33.3. The zero-order valence-electron chi connectivity index (χ0n) is 39.8. The van der Waals surface area contributed by atoms with Crippen LogP contribution in [-0.2, 0) is 23.7 Å². The molecule has 14 heteroatoms. The Morgan fingerprint density at radius 2 is 1.63 bits per heavy atom. The predicted molar refractivity (Wildman–Crippen MR) is 241 cm³/mol. The average Bonchev–Trinajstić information content (AvgIpc) is 3.20. The summed E-state index contributed by atoms with van der Waals surface area (Å²) in [7, 11) is 7.72. The van der Waals surface area contributed by atoms with Gasteiger partial charge in [-0.1, -0.05) is 45.0 Å². The largest absolute Gasteiger partial charge is 0.461 e. The minimum atomic E-state index is -1.78. The summed E-state index contributed by atoms with van der Waals surface area (Å²) in [6, 6.07) is 12.3. The number of cyclic esters (lactones) is 1. The number of hydrogen-bond acceptors (Lipinski definition) is 14. The Labute approximate surface area is 370 Å². The maximum atomic E-state index is 13.7. The topological polar surface area (TPSA) is 174 Å². The van der Waals surface area contributed by atoms with Gasteiger partial charge in [-0.05, 0) is 131 Å². The van der Waals surface area contributed by atoms with Gasteiger partial charge in [0.2, 0.25) is 0 Å². The van der Waals surface area contributed by atoms with Crippen molar-refractivity contribution >= 4 is 23.3 Å². The number of nitrogens with one attached hydrogen (secondary N) is 1. The third-order valence-electron chi connectivity index (χ3n) is 13.7. The molecular formula is C48H78N4O10. The van der Waals surface area contributed by atoms with Gasteiger partial charge in [0.1, 0.15) is 24.4 Å². The highest BCUT2D eigenvalue weighted by atomic mass is 16.7. The number of ether oxygens (including phenoxy) is 4. The van der Waals surface area contributed by atoms with E-state index in [4.69, 9.17) is 18.9 Å². The van der Waals surface area contributed by atoms with E-state index in [1.165, 1.54) is 6.92 Å². The maximum absolute atomic E-state index is 13.7. The fourth-order valence-corrected chi connectivity index (χ4v) is 9.58. The Balaban J connectivity index is 1.57. The molecule has 0 saturated carbocycles. The van der Waals surface area contributed by atoms with Crippen molar-refractivity contribution in [2.75, 3.05) is 53.2 Å². The zero-order valence-corrected chi connectivity index (χ0v) is 39.8. The Bertz CT molecular complexity index is 1770. The van der Waals surface area contributed by atoms with E-state index in [0.29, 0.717) is 30.8 Å². The summed E-state index contributed by atoms with van der Waals surface area (Å²) in [6.45, 7) is 19.1. The number of anilines is 2. The van der Waals surface area contributed by atoms with Crippen molar-refractivity contribution in [1.29, 1.82) is 0 Å². The number of hydrogen-bond donors (Lipinski definition) is 5. The van der Waals surface area contributed by atoms with Crippen LogP contribution in [0.15, 0.2) is 42.5 Å². The van der Waals surface area contributed by atoms with Crippen molar-refractivity contribution in [3.05, 3.63) is 59.2 Å². The lowest BCUT2D eigenvalue weighted by molar-refractivity contribution is -0.287. The van der Waals surface area contributed by atoms with E-state index in [-0.39, 0.29) is 43.6 Å². The highest BCUT2D eigenvalue weighted by Gasteiger charge is 2.50. The van der Waals surface area contributed by atoms with Crippen LogP contribution in [0.25, 0.3) is 0 Å². The molecule has 0 radical (unpaired) electrons. The molecule has 2 aromatic rings. The first kappa shape index (κ1) is 51.5. The van der Waals surface area contributed by atoms with Crippen molar-refractivity contribution in [1.82, 2.24) is 14.7 Å². The Kier molecular flexibility index (Phi) is 18.0. The maximum Gasteiger partial charge on any atom is 0.340 e. The molecule has 5 N–H and O–H groups in total.